The molecule has 1 atom stereocenters. The van der Waals surface area contributed by atoms with Gasteiger partial charge in [0.1, 0.15) is 11.9 Å². The Labute approximate surface area is 122 Å². The second kappa shape index (κ2) is 5.61. The summed E-state index contributed by atoms with van der Waals surface area (Å²) in [5.74, 6) is -1.31. The topological polar surface area (TPSA) is 89.7 Å². The molecule has 1 aromatic carbocycles. The van der Waals surface area contributed by atoms with Crippen LogP contribution in [0.4, 0.5) is 10.1 Å². The summed E-state index contributed by atoms with van der Waals surface area (Å²) in [4.78, 5) is 11.4. The quantitative estimate of drug-likeness (QED) is 0.665. The lowest BCUT2D eigenvalue weighted by atomic mass is 10.2. The number of anilines is 1. The van der Waals surface area contributed by atoms with E-state index in [0.29, 0.717) is 12.8 Å². The lowest BCUT2D eigenvalue weighted by Crippen LogP contribution is -2.41. The zero-order valence-electron chi connectivity index (χ0n) is 11.8. The van der Waals surface area contributed by atoms with Crippen LogP contribution in [0.3, 0.4) is 0 Å². The first-order valence-electron chi connectivity index (χ1n) is 6.44. The van der Waals surface area contributed by atoms with E-state index in [0.717, 1.165) is 10.4 Å². The molecule has 0 saturated carbocycles. The lowest BCUT2D eigenvalue weighted by molar-refractivity contribution is -0.144. The second-order valence-electron chi connectivity index (χ2n) is 4.92. The molecule has 116 valence electrons. The van der Waals surface area contributed by atoms with Crippen LogP contribution in [-0.4, -0.2) is 38.4 Å². The van der Waals surface area contributed by atoms with Crippen molar-refractivity contribution >= 4 is 21.7 Å². The van der Waals surface area contributed by atoms with Crippen LogP contribution in [-0.2, 0) is 19.6 Å². The van der Waals surface area contributed by atoms with Gasteiger partial charge in [-0.25, -0.2) is 12.8 Å². The number of benzene rings is 1. The van der Waals surface area contributed by atoms with E-state index in [-0.39, 0.29) is 22.7 Å². The minimum Gasteiger partial charge on any atom is -0.468 e. The normalized spacial score (nSPS) is 19.7. The zero-order chi connectivity index (χ0) is 15.8. The van der Waals surface area contributed by atoms with Crippen LogP contribution in [0.1, 0.15) is 18.4 Å². The third-order valence-electron chi connectivity index (χ3n) is 3.64. The van der Waals surface area contributed by atoms with E-state index < -0.39 is 27.9 Å². The molecule has 8 heteroatoms. The summed E-state index contributed by atoms with van der Waals surface area (Å²) in [5.41, 5.74) is 5.87. The van der Waals surface area contributed by atoms with Gasteiger partial charge >= 0.3 is 5.97 Å². The van der Waals surface area contributed by atoms with Crippen LogP contribution in [0.2, 0.25) is 0 Å². The maximum absolute atomic E-state index is 13.7. The number of nitrogens with two attached hydrogens (primary N) is 1. The summed E-state index contributed by atoms with van der Waals surface area (Å²) < 4.78 is 44.5. The van der Waals surface area contributed by atoms with Gasteiger partial charge in [0.25, 0.3) is 0 Å². The first kappa shape index (κ1) is 15.7. The summed E-state index contributed by atoms with van der Waals surface area (Å²) >= 11 is 0. The van der Waals surface area contributed by atoms with Gasteiger partial charge in [0.15, 0.2) is 0 Å². The Morgan fingerprint density at radius 2 is 2.14 bits per heavy atom. The number of rotatable bonds is 3. The molecule has 1 aliphatic heterocycles. The number of sulfonamides is 1. The minimum absolute atomic E-state index is 0.0578. The van der Waals surface area contributed by atoms with Gasteiger partial charge in [-0.15, -0.1) is 0 Å². The Morgan fingerprint density at radius 1 is 1.48 bits per heavy atom. The van der Waals surface area contributed by atoms with Crippen molar-refractivity contribution in [3.05, 3.63) is 23.5 Å². The number of hydrogen-bond donors (Lipinski definition) is 1. The van der Waals surface area contributed by atoms with Crippen molar-refractivity contribution in [3.63, 3.8) is 0 Å². The van der Waals surface area contributed by atoms with E-state index in [1.165, 1.54) is 20.1 Å². The average Bonchev–Trinajstić information content (AvgIpc) is 2.93. The van der Waals surface area contributed by atoms with Crippen LogP contribution in [0, 0.1) is 12.7 Å². The van der Waals surface area contributed by atoms with Crippen LogP contribution >= 0.6 is 0 Å². The van der Waals surface area contributed by atoms with Crippen LogP contribution < -0.4 is 5.73 Å². The van der Waals surface area contributed by atoms with E-state index in [2.05, 4.69) is 4.74 Å². The SMILES string of the molecule is COC(=O)C1CCCN1S(=O)(=O)c1cc(N)c(C)c(F)c1. The zero-order valence-corrected chi connectivity index (χ0v) is 12.6. The third-order valence-corrected chi connectivity index (χ3v) is 5.53. The van der Waals surface area contributed by atoms with Crippen molar-refractivity contribution in [2.75, 3.05) is 19.4 Å². The molecule has 21 heavy (non-hydrogen) atoms. The molecule has 0 aromatic heterocycles. The number of ether oxygens (including phenoxy) is 1. The van der Waals surface area contributed by atoms with Gasteiger partial charge in [0.05, 0.1) is 12.0 Å². The summed E-state index contributed by atoms with van der Waals surface area (Å²) in [5, 5.41) is 0. The van der Waals surface area contributed by atoms with Crippen molar-refractivity contribution < 1.29 is 22.3 Å². The Morgan fingerprint density at radius 3 is 2.71 bits per heavy atom. The summed E-state index contributed by atoms with van der Waals surface area (Å²) in [7, 11) is -2.79. The average molecular weight is 316 g/mol. The lowest BCUT2D eigenvalue weighted by Gasteiger charge is -2.22. The van der Waals surface area contributed by atoms with Gasteiger partial charge in [-0.05, 0) is 31.9 Å². The molecule has 1 aromatic rings. The van der Waals surface area contributed by atoms with Crippen molar-refractivity contribution in [2.45, 2.75) is 30.7 Å². The molecule has 6 nitrogen and oxygen atoms in total. The largest absolute Gasteiger partial charge is 0.468 e. The Balaban J connectivity index is 2.45. The number of methoxy groups -OCH3 is 1. The van der Waals surface area contributed by atoms with Gasteiger partial charge in [-0.3, -0.25) is 4.79 Å². The highest BCUT2D eigenvalue weighted by Crippen LogP contribution is 2.29. The Hall–Kier alpha value is -1.67. The molecular weight excluding hydrogens is 299 g/mol. The first-order chi connectivity index (χ1) is 9.78. The number of halogens is 1. The molecule has 0 aliphatic carbocycles. The molecular formula is C13H17FN2O4S. The molecule has 1 saturated heterocycles. The van der Waals surface area contributed by atoms with Crippen molar-refractivity contribution in [3.8, 4) is 0 Å². The third kappa shape index (κ3) is 2.73. The smallest absolute Gasteiger partial charge is 0.324 e. The molecule has 0 bridgehead atoms. The molecule has 2 N–H and O–H groups in total. The monoisotopic (exact) mass is 316 g/mol. The molecule has 1 aliphatic rings. The summed E-state index contributed by atoms with van der Waals surface area (Å²) in [6.45, 7) is 1.66. The maximum Gasteiger partial charge on any atom is 0.324 e. The maximum atomic E-state index is 13.7. The molecule has 0 radical (unpaired) electrons. The number of nitrogens with zero attached hydrogens (tertiary/aromatic N) is 1. The van der Waals surface area contributed by atoms with Gasteiger partial charge in [0.2, 0.25) is 10.0 Å². The van der Waals surface area contributed by atoms with Crippen LogP contribution in [0.25, 0.3) is 0 Å². The number of esters is 1. The Bertz CT molecular complexity index is 652. The summed E-state index contributed by atoms with van der Waals surface area (Å²) in [6.07, 6.45) is 0.929. The molecule has 2 rings (SSSR count). The highest BCUT2D eigenvalue weighted by atomic mass is 32.2. The second-order valence-corrected chi connectivity index (χ2v) is 6.81. The van der Waals surface area contributed by atoms with Gasteiger partial charge < -0.3 is 10.5 Å². The number of hydrogen-bond acceptors (Lipinski definition) is 5. The van der Waals surface area contributed by atoms with Gasteiger partial charge in [0, 0.05) is 17.8 Å². The van der Waals surface area contributed by atoms with E-state index >= 15 is 0 Å². The van der Waals surface area contributed by atoms with Crippen LogP contribution in [0.5, 0.6) is 0 Å². The fourth-order valence-electron chi connectivity index (χ4n) is 2.36. The van der Waals surface area contributed by atoms with Crippen molar-refractivity contribution in [1.29, 1.82) is 0 Å². The molecule has 0 amide bonds. The van der Waals surface area contributed by atoms with E-state index in [1.807, 2.05) is 0 Å². The van der Waals surface area contributed by atoms with E-state index in [1.54, 1.807) is 0 Å². The van der Waals surface area contributed by atoms with Gasteiger partial charge in [-0.1, -0.05) is 0 Å². The van der Waals surface area contributed by atoms with Crippen molar-refractivity contribution in [1.82, 2.24) is 4.31 Å². The fourth-order valence-corrected chi connectivity index (χ4v) is 4.05. The molecule has 1 unspecified atom stereocenters. The van der Waals surface area contributed by atoms with Crippen LogP contribution in [0.15, 0.2) is 17.0 Å². The fraction of sp³-hybridized carbons (Fsp3) is 0.462. The highest BCUT2D eigenvalue weighted by molar-refractivity contribution is 7.89. The number of nitrogen functional groups attached to an aromatic ring is 1. The minimum atomic E-state index is -3.99. The molecule has 1 fully saturated rings. The highest BCUT2D eigenvalue weighted by Gasteiger charge is 2.40. The number of carbonyl (C=O) groups is 1. The molecule has 1 heterocycles. The van der Waals surface area contributed by atoms with E-state index in [9.17, 15) is 17.6 Å². The predicted octanol–water partition coefficient (Wildman–Crippen LogP) is 1.04. The number of carbonyl (C=O) groups excluding carboxylic acids is 1. The Kier molecular flexibility index (Phi) is 4.20. The first-order valence-corrected chi connectivity index (χ1v) is 7.88. The van der Waals surface area contributed by atoms with Crippen molar-refractivity contribution in [2.24, 2.45) is 0 Å². The van der Waals surface area contributed by atoms with E-state index in [4.69, 9.17) is 5.73 Å². The predicted molar refractivity (Wildman–Crippen MR) is 74.5 cm³/mol. The molecule has 0 spiro atoms. The standard InChI is InChI=1S/C13H17FN2O4S/c1-8-10(14)6-9(7-11(8)15)21(18,19)16-5-3-4-12(16)13(17)20-2/h6-7,12H,3-5,15H2,1-2H3. The summed E-state index contributed by atoms with van der Waals surface area (Å²) in [6, 6.07) is 1.26. The van der Waals surface area contributed by atoms with Gasteiger partial charge in [-0.2, -0.15) is 4.31 Å².